The zero-order chi connectivity index (χ0) is 18.9. The van der Waals surface area contributed by atoms with E-state index < -0.39 is 0 Å². The summed E-state index contributed by atoms with van der Waals surface area (Å²) in [5, 5.41) is 0. The van der Waals surface area contributed by atoms with Crippen molar-refractivity contribution in [1.29, 1.82) is 0 Å². The van der Waals surface area contributed by atoms with E-state index in [-0.39, 0.29) is 11.6 Å². The van der Waals surface area contributed by atoms with Gasteiger partial charge in [-0.3, -0.25) is 0 Å². The Morgan fingerprint density at radius 1 is 1.11 bits per heavy atom. The molecule has 0 spiro atoms. The molecule has 0 radical (unpaired) electrons. The van der Waals surface area contributed by atoms with Crippen LogP contribution in [-0.2, 0) is 16.1 Å². The molecule has 0 saturated heterocycles. The molecule has 1 aromatic heterocycles. The zero-order valence-electron chi connectivity index (χ0n) is 16.7. The van der Waals surface area contributed by atoms with E-state index >= 15 is 0 Å². The molecule has 3 atom stereocenters. The first kappa shape index (κ1) is 17.3. The first-order valence-electron chi connectivity index (χ1n) is 11.1. The second-order valence-corrected chi connectivity index (χ2v) is 10.2. The number of carbonyl (C=O) groups is 1. The molecule has 28 heavy (non-hydrogen) atoms. The summed E-state index contributed by atoms with van der Waals surface area (Å²) in [7, 11) is 1.43. The third kappa shape index (κ3) is 2.69. The smallest absolute Gasteiger partial charge is 0.358 e. The maximum Gasteiger partial charge on any atom is 0.358 e. The molecule has 7 rings (SSSR count). The summed E-state index contributed by atoms with van der Waals surface area (Å²) in [5.74, 6) is 4.77. The molecular weight excluding hydrogens is 352 g/mol. The second-order valence-electron chi connectivity index (χ2n) is 10.2. The van der Waals surface area contributed by atoms with E-state index in [9.17, 15) is 4.79 Å². The van der Waals surface area contributed by atoms with Gasteiger partial charge < -0.3 is 14.5 Å². The molecule has 5 nitrogen and oxygen atoms in total. The van der Waals surface area contributed by atoms with E-state index in [2.05, 4.69) is 17.1 Å². The van der Waals surface area contributed by atoms with Gasteiger partial charge in [0.15, 0.2) is 5.69 Å². The lowest BCUT2D eigenvalue weighted by Gasteiger charge is -2.56. The van der Waals surface area contributed by atoms with Crippen LogP contribution in [-0.4, -0.2) is 28.6 Å². The molecule has 0 aliphatic heterocycles. The number of allylic oxidation sites excluding steroid dienone is 2. The molecule has 3 unspecified atom stereocenters. The van der Waals surface area contributed by atoms with Crippen molar-refractivity contribution in [2.75, 3.05) is 7.11 Å². The highest BCUT2D eigenvalue weighted by Crippen LogP contribution is 2.57. The van der Waals surface area contributed by atoms with Crippen LogP contribution in [0.25, 0.3) is 0 Å². The van der Waals surface area contributed by atoms with Crippen LogP contribution in [0, 0.1) is 29.6 Å². The van der Waals surface area contributed by atoms with Crippen LogP contribution < -0.4 is 0 Å². The van der Waals surface area contributed by atoms with Gasteiger partial charge in [0.25, 0.3) is 0 Å². The van der Waals surface area contributed by atoms with Gasteiger partial charge in [-0.2, -0.15) is 0 Å². The average Bonchev–Trinajstić information content (AvgIpc) is 3.40. The number of imidazole rings is 1. The zero-order valence-corrected chi connectivity index (χ0v) is 16.7. The predicted molar refractivity (Wildman–Crippen MR) is 104 cm³/mol. The number of nitrogens with one attached hydrogen (secondary N) is 1. The lowest BCUT2D eigenvalue weighted by molar-refractivity contribution is -0.169. The van der Waals surface area contributed by atoms with Crippen molar-refractivity contribution in [2.45, 2.75) is 69.5 Å². The largest absolute Gasteiger partial charge is 0.464 e. The maximum absolute atomic E-state index is 12.4. The normalized spacial score (nSPS) is 42.5. The highest BCUT2D eigenvalue weighted by molar-refractivity contribution is 5.88. The van der Waals surface area contributed by atoms with Crippen molar-refractivity contribution in [1.82, 2.24) is 9.97 Å². The predicted octanol–water partition coefficient (Wildman–Crippen LogP) is 4.36. The molecular formula is C23H30N2O3. The van der Waals surface area contributed by atoms with E-state index in [0.717, 1.165) is 35.7 Å². The number of rotatable bonds is 5. The van der Waals surface area contributed by atoms with Gasteiger partial charge in [0.05, 0.1) is 25.0 Å². The minimum atomic E-state index is -0.356. The summed E-state index contributed by atoms with van der Waals surface area (Å²) < 4.78 is 11.6. The van der Waals surface area contributed by atoms with Crippen molar-refractivity contribution in [3.05, 3.63) is 29.4 Å². The Balaban J connectivity index is 1.24. The third-order valence-electron chi connectivity index (χ3n) is 8.31. The highest BCUT2D eigenvalue weighted by Gasteiger charge is 2.51. The number of fused-ring (bicyclic) bond motifs is 2. The standard InChI is InChI=1S/C23H30N2O3/c1-27-22(26)20-19(24-21(25-20)18-8-13-2-3-17(18)7-13)12-28-23-9-14-4-15(10-23)6-16(5-14)11-23/h2-3,13-18H,4-12H2,1H3,(H,24,25). The lowest BCUT2D eigenvalue weighted by Crippen LogP contribution is -2.51. The number of carbonyl (C=O) groups excluding carboxylic acids is 1. The lowest BCUT2D eigenvalue weighted by atomic mass is 9.54. The monoisotopic (exact) mass is 382 g/mol. The van der Waals surface area contributed by atoms with Crippen LogP contribution in [0.1, 0.15) is 79.3 Å². The average molecular weight is 383 g/mol. The van der Waals surface area contributed by atoms with Crippen molar-refractivity contribution in [3.8, 4) is 0 Å². The third-order valence-corrected chi connectivity index (χ3v) is 8.31. The Bertz CT molecular complexity index is 791. The van der Waals surface area contributed by atoms with Gasteiger partial charge in [-0.1, -0.05) is 12.2 Å². The van der Waals surface area contributed by atoms with Gasteiger partial charge in [0.2, 0.25) is 0 Å². The van der Waals surface area contributed by atoms with E-state index in [1.54, 1.807) is 0 Å². The first-order valence-corrected chi connectivity index (χ1v) is 11.1. The molecule has 1 aromatic rings. The minimum absolute atomic E-state index is 0.0303. The van der Waals surface area contributed by atoms with Gasteiger partial charge in [-0.25, -0.2) is 9.78 Å². The number of hydrogen-bond acceptors (Lipinski definition) is 4. The molecule has 0 aromatic carbocycles. The molecule has 5 saturated carbocycles. The molecule has 6 aliphatic carbocycles. The Kier molecular flexibility index (Phi) is 3.81. The van der Waals surface area contributed by atoms with Crippen LogP contribution in [0.2, 0.25) is 0 Å². The van der Waals surface area contributed by atoms with Crippen LogP contribution in [0.5, 0.6) is 0 Å². The number of H-pyrrole nitrogens is 1. The minimum Gasteiger partial charge on any atom is -0.464 e. The van der Waals surface area contributed by atoms with Gasteiger partial charge in [-0.05, 0) is 81.0 Å². The van der Waals surface area contributed by atoms with Crippen molar-refractivity contribution in [2.24, 2.45) is 29.6 Å². The fraction of sp³-hybridized carbons (Fsp3) is 0.739. The number of methoxy groups -OCH3 is 1. The van der Waals surface area contributed by atoms with Crippen molar-refractivity contribution in [3.63, 3.8) is 0 Å². The number of ether oxygens (including phenoxy) is 2. The molecule has 5 fully saturated rings. The number of nitrogens with zero attached hydrogens (tertiary/aromatic N) is 1. The molecule has 6 bridgehead atoms. The quantitative estimate of drug-likeness (QED) is 0.607. The van der Waals surface area contributed by atoms with Gasteiger partial charge in [0.1, 0.15) is 5.82 Å². The molecule has 5 heteroatoms. The molecule has 6 aliphatic rings. The number of aromatic nitrogens is 2. The Morgan fingerprint density at radius 3 is 2.39 bits per heavy atom. The summed E-state index contributed by atoms with van der Waals surface area (Å²) in [5.41, 5.74) is 1.26. The van der Waals surface area contributed by atoms with Crippen molar-refractivity contribution < 1.29 is 14.3 Å². The summed E-state index contributed by atoms with van der Waals surface area (Å²) >= 11 is 0. The van der Waals surface area contributed by atoms with Gasteiger partial charge in [-0.15, -0.1) is 0 Å². The molecule has 1 heterocycles. The van der Waals surface area contributed by atoms with Crippen LogP contribution in [0.15, 0.2) is 12.2 Å². The van der Waals surface area contributed by atoms with Crippen molar-refractivity contribution >= 4 is 5.97 Å². The molecule has 0 amide bonds. The second kappa shape index (κ2) is 6.19. The van der Waals surface area contributed by atoms with Gasteiger partial charge in [0, 0.05) is 5.92 Å². The topological polar surface area (TPSA) is 64.2 Å². The summed E-state index contributed by atoms with van der Waals surface area (Å²) in [6.45, 7) is 0.445. The number of esters is 1. The van der Waals surface area contributed by atoms with E-state index in [0.29, 0.717) is 30.1 Å². The van der Waals surface area contributed by atoms with Crippen LogP contribution in [0.3, 0.4) is 0 Å². The SMILES string of the molecule is COC(=O)c1nc(C2CC3C=CC2C3)[nH]c1COC12CC3CC(CC(C3)C1)C2. The molecule has 150 valence electrons. The summed E-state index contributed by atoms with van der Waals surface area (Å²) in [6, 6.07) is 0. The van der Waals surface area contributed by atoms with Crippen LogP contribution >= 0.6 is 0 Å². The fourth-order valence-corrected chi connectivity index (χ4v) is 7.50. The first-order chi connectivity index (χ1) is 13.6. The molecule has 1 N–H and O–H groups in total. The van der Waals surface area contributed by atoms with Gasteiger partial charge >= 0.3 is 5.97 Å². The number of aromatic amines is 1. The summed E-state index contributed by atoms with van der Waals surface area (Å²) in [4.78, 5) is 20.6. The highest BCUT2D eigenvalue weighted by atomic mass is 16.5. The van der Waals surface area contributed by atoms with E-state index in [4.69, 9.17) is 14.5 Å². The fourth-order valence-electron chi connectivity index (χ4n) is 7.50. The Hall–Kier alpha value is -1.62. The Labute approximate surface area is 166 Å². The Morgan fingerprint density at radius 2 is 1.82 bits per heavy atom. The maximum atomic E-state index is 12.4. The van der Waals surface area contributed by atoms with Crippen LogP contribution in [0.4, 0.5) is 0 Å². The van der Waals surface area contributed by atoms with E-state index in [1.807, 2.05) is 0 Å². The number of hydrogen-bond donors (Lipinski definition) is 1. The summed E-state index contributed by atoms with van der Waals surface area (Å²) in [6.07, 6.45) is 14.8. The van der Waals surface area contributed by atoms with E-state index in [1.165, 1.54) is 52.1 Å².